The molecule has 0 saturated carbocycles. The van der Waals surface area contributed by atoms with Crippen LogP contribution in [0.4, 0.5) is 18.9 Å². The standard InChI is InChI=1S/C27H22F3IN4O4/c1-38-23-12-17(11-22(31)26(23)39-16-19-6-3-2-5-18(19)14-32)15-33-35-25(37)10-9-24(36)34-21-8-4-7-20(13-21)27(28,29)30/h2-8,11-13,15H,9-10,16H2,1H3,(H,34,36)(H,35,37). The molecule has 8 nitrogen and oxygen atoms in total. The minimum absolute atomic E-state index is 0.0153. The van der Waals surface area contributed by atoms with E-state index in [4.69, 9.17) is 9.47 Å². The first-order valence-electron chi connectivity index (χ1n) is 11.4. The first-order chi connectivity index (χ1) is 18.6. The largest absolute Gasteiger partial charge is 0.493 e. The molecule has 0 bridgehead atoms. The number of alkyl halides is 3. The number of benzene rings is 3. The summed E-state index contributed by atoms with van der Waals surface area (Å²) in [6.07, 6.45) is -3.61. The minimum Gasteiger partial charge on any atom is -0.493 e. The van der Waals surface area contributed by atoms with Crippen LogP contribution in [0, 0.1) is 14.9 Å². The Morgan fingerprint density at radius 2 is 1.82 bits per heavy atom. The molecule has 3 rings (SSSR count). The van der Waals surface area contributed by atoms with Gasteiger partial charge in [0.05, 0.1) is 34.1 Å². The Morgan fingerprint density at radius 3 is 2.54 bits per heavy atom. The van der Waals surface area contributed by atoms with E-state index in [1.807, 2.05) is 6.07 Å². The summed E-state index contributed by atoms with van der Waals surface area (Å²) in [7, 11) is 1.48. The lowest BCUT2D eigenvalue weighted by Crippen LogP contribution is -2.20. The second-order valence-corrected chi connectivity index (χ2v) is 9.17. The third kappa shape index (κ3) is 8.71. The highest BCUT2D eigenvalue weighted by Crippen LogP contribution is 2.34. The van der Waals surface area contributed by atoms with E-state index < -0.39 is 23.6 Å². The number of methoxy groups -OCH3 is 1. The van der Waals surface area contributed by atoms with Gasteiger partial charge >= 0.3 is 6.18 Å². The predicted octanol–water partition coefficient (Wildman–Crippen LogP) is 5.64. The zero-order chi connectivity index (χ0) is 28.4. The molecule has 0 aliphatic heterocycles. The van der Waals surface area contributed by atoms with Crippen LogP contribution in [-0.4, -0.2) is 25.1 Å². The molecule has 0 spiro atoms. The average Bonchev–Trinajstić information content (AvgIpc) is 2.91. The fourth-order valence-electron chi connectivity index (χ4n) is 3.32. The van der Waals surface area contributed by atoms with Crippen molar-refractivity contribution in [1.29, 1.82) is 5.26 Å². The lowest BCUT2D eigenvalue weighted by atomic mass is 10.1. The van der Waals surface area contributed by atoms with Crippen LogP contribution in [0.25, 0.3) is 0 Å². The second kappa shape index (κ2) is 13.6. The van der Waals surface area contributed by atoms with Gasteiger partial charge in [0.25, 0.3) is 0 Å². The Kier molecular flexibility index (Phi) is 10.3. The first-order valence-corrected chi connectivity index (χ1v) is 12.5. The number of nitrogens with one attached hydrogen (secondary N) is 2. The Labute approximate surface area is 235 Å². The van der Waals surface area contributed by atoms with Gasteiger partial charge in [0.2, 0.25) is 11.8 Å². The highest BCUT2D eigenvalue weighted by molar-refractivity contribution is 14.1. The molecule has 0 saturated heterocycles. The fourth-order valence-corrected chi connectivity index (χ4v) is 4.10. The van der Waals surface area contributed by atoms with Crippen molar-refractivity contribution in [2.24, 2.45) is 5.10 Å². The first kappa shape index (κ1) is 29.4. The Bertz CT molecular complexity index is 1420. The van der Waals surface area contributed by atoms with Gasteiger partial charge < -0.3 is 14.8 Å². The maximum Gasteiger partial charge on any atom is 0.416 e. The van der Waals surface area contributed by atoms with Crippen LogP contribution >= 0.6 is 22.6 Å². The normalized spacial score (nSPS) is 11.1. The number of carbonyl (C=O) groups is 2. The molecule has 0 atom stereocenters. The van der Waals surface area contributed by atoms with Crippen molar-refractivity contribution in [1.82, 2.24) is 5.43 Å². The molecule has 0 heterocycles. The number of hydrogen-bond acceptors (Lipinski definition) is 6. The van der Waals surface area contributed by atoms with E-state index in [0.717, 1.165) is 17.7 Å². The fraction of sp³-hybridized carbons (Fsp3) is 0.185. The molecule has 0 aromatic heterocycles. The summed E-state index contributed by atoms with van der Waals surface area (Å²) in [5.41, 5.74) is 3.25. The van der Waals surface area contributed by atoms with E-state index in [1.165, 1.54) is 25.5 Å². The number of nitrogens with zero attached hydrogens (tertiary/aromatic N) is 2. The molecule has 39 heavy (non-hydrogen) atoms. The van der Waals surface area contributed by atoms with Crippen molar-refractivity contribution < 1.29 is 32.2 Å². The number of amides is 2. The summed E-state index contributed by atoms with van der Waals surface area (Å²) in [5.74, 6) is -0.252. The van der Waals surface area contributed by atoms with Crippen molar-refractivity contribution in [3.63, 3.8) is 0 Å². The second-order valence-electron chi connectivity index (χ2n) is 8.01. The van der Waals surface area contributed by atoms with Crippen molar-refractivity contribution in [3.05, 3.63) is 86.5 Å². The Morgan fingerprint density at radius 1 is 1.08 bits per heavy atom. The molecule has 2 amide bonds. The molecule has 0 radical (unpaired) electrons. The molecule has 3 aromatic carbocycles. The number of hydrogen-bond donors (Lipinski definition) is 2. The van der Waals surface area contributed by atoms with E-state index in [2.05, 4.69) is 44.5 Å². The van der Waals surface area contributed by atoms with Gasteiger partial charge in [-0.15, -0.1) is 0 Å². The van der Waals surface area contributed by atoms with E-state index in [1.54, 1.807) is 30.3 Å². The molecule has 202 valence electrons. The summed E-state index contributed by atoms with van der Waals surface area (Å²) in [4.78, 5) is 24.1. The van der Waals surface area contributed by atoms with E-state index in [-0.39, 0.29) is 25.1 Å². The van der Waals surface area contributed by atoms with Crippen LogP contribution in [0.5, 0.6) is 11.5 Å². The number of halogens is 4. The Hall–Kier alpha value is -4.12. The maximum atomic E-state index is 12.8. The van der Waals surface area contributed by atoms with Gasteiger partial charge in [-0.25, -0.2) is 5.43 Å². The zero-order valence-corrected chi connectivity index (χ0v) is 22.7. The molecular formula is C27H22F3IN4O4. The summed E-state index contributed by atoms with van der Waals surface area (Å²) < 4.78 is 50.5. The van der Waals surface area contributed by atoms with E-state index in [9.17, 15) is 28.0 Å². The third-order valence-electron chi connectivity index (χ3n) is 5.22. The molecule has 0 fully saturated rings. The SMILES string of the molecule is COc1cc(C=NNC(=O)CCC(=O)Nc2cccc(C(F)(F)F)c2)cc(I)c1OCc1ccccc1C#N. The van der Waals surface area contributed by atoms with Crippen LogP contribution in [0.15, 0.2) is 65.8 Å². The Balaban J connectivity index is 1.53. The minimum atomic E-state index is -4.53. The van der Waals surface area contributed by atoms with Gasteiger partial charge in [-0.1, -0.05) is 24.3 Å². The lowest BCUT2D eigenvalue weighted by Gasteiger charge is -2.14. The highest BCUT2D eigenvalue weighted by atomic mass is 127. The van der Waals surface area contributed by atoms with Crippen molar-refractivity contribution >= 4 is 46.3 Å². The third-order valence-corrected chi connectivity index (χ3v) is 6.02. The summed E-state index contributed by atoms with van der Waals surface area (Å²) >= 11 is 2.07. The summed E-state index contributed by atoms with van der Waals surface area (Å²) in [6.45, 7) is 0.168. The highest BCUT2D eigenvalue weighted by Gasteiger charge is 2.30. The van der Waals surface area contributed by atoms with E-state index >= 15 is 0 Å². The van der Waals surface area contributed by atoms with Crippen LogP contribution in [0.3, 0.4) is 0 Å². The number of rotatable bonds is 10. The molecule has 2 N–H and O–H groups in total. The van der Waals surface area contributed by atoms with Crippen molar-refractivity contribution in [2.75, 3.05) is 12.4 Å². The van der Waals surface area contributed by atoms with Gasteiger partial charge in [0.15, 0.2) is 11.5 Å². The van der Waals surface area contributed by atoms with Gasteiger partial charge in [0, 0.05) is 24.1 Å². The topological polar surface area (TPSA) is 113 Å². The van der Waals surface area contributed by atoms with Gasteiger partial charge in [-0.05, 0) is 64.6 Å². The number of carbonyl (C=O) groups excluding carboxylic acids is 2. The predicted molar refractivity (Wildman–Crippen MR) is 146 cm³/mol. The van der Waals surface area contributed by atoms with Crippen molar-refractivity contribution in [2.45, 2.75) is 25.6 Å². The van der Waals surface area contributed by atoms with Crippen LogP contribution in [0.2, 0.25) is 0 Å². The smallest absolute Gasteiger partial charge is 0.416 e. The quantitative estimate of drug-likeness (QED) is 0.168. The molecule has 3 aromatic rings. The summed E-state index contributed by atoms with van der Waals surface area (Å²) in [6, 6.07) is 16.9. The molecule has 12 heteroatoms. The number of anilines is 1. The van der Waals surface area contributed by atoms with Crippen LogP contribution in [-0.2, 0) is 22.4 Å². The molecule has 0 aliphatic rings. The number of nitriles is 1. The number of ether oxygens (including phenoxy) is 2. The molecular weight excluding hydrogens is 628 g/mol. The summed E-state index contributed by atoms with van der Waals surface area (Å²) in [5, 5.41) is 15.5. The number of hydrazone groups is 1. The van der Waals surface area contributed by atoms with Gasteiger partial charge in [-0.3, -0.25) is 9.59 Å². The average molecular weight is 650 g/mol. The molecule has 0 unspecified atom stereocenters. The maximum absolute atomic E-state index is 12.8. The monoisotopic (exact) mass is 650 g/mol. The van der Waals surface area contributed by atoms with E-state index in [0.29, 0.717) is 26.2 Å². The molecule has 0 aliphatic carbocycles. The van der Waals surface area contributed by atoms with Crippen molar-refractivity contribution in [3.8, 4) is 17.6 Å². The zero-order valence-electron chi connectivity index (χ0n) is 20.5. The van der Waals surface area contributed by atoms with Gasteiger partial charge in [-0.2, -0.15) is 23.5 Å². The van der Waals surface area contributed by atoms with Gasteiger partial charge in [0.1, 0.15) is 6.61 Å². The van der Waals surface area contributed by atoms with Crippen LogP contribution < -0.4 is 20.2 Å². The van der Waals surface area contributed by atoms with Crippen LogP contribution in [0.1, 0.15) is 35.1 Å². The lowest BCUT2D eigenvalue weighted by molar-refractivity contribution is -0.137.